The summed E-state index contributed by atoms with van der Waals surface area (Å²) in [6.07, 6.45) is 0. The molecule has 0 unspecified atom stereocenters. The molecule has 3 nitrogen and oxygen atoms in total. The number of rotatable bonds is 4. The summed E-state index contributed by atoms with van der Waals surface area (Å²) in [4.78, 5) is 0. The van der Waals surface area contributed by atoms with E-state index in [0.29, 0.717) is 0 Å². The average Bonchev–Trinajstić information content (AvgIpc) is 2.15. The van der Waals surface area contributed by atoms with E-state index in [2.05, 4.69) is 0 Å². The zero-order valence-electron chi connectivity index (χ0n) is 9.18. The van der Waals surface area contributed by atoms with E-state index >= 15 is 0 Å². The Kier molecular flexibility index (Phi) is 3.82. The Labute approximate surface area is 92.7 Å². The van der Waals surface area contributed by atoms with Gasteiger partial charge < -0.3 is 10.5 Å². The maximum atomic E-state index is 13.4. The van der Waals surface area contributed by atoms with E-state index in [1.54, 1.807) is 0 Å². The van der Waals surface area contributed by atoms with Crippen molar-refractivity contribution in [3.05, 3.63) is 29.3 Å². The van der Waals surface area contributed by atoms with Gasteiger partial charge in [-0.25, -0.2) is 8.78 Å². The first-order valence-electron chi connectivity index (χ1n) is 4.88. The van der Waals surface area contributed by atoms with Gasteiger partial charge in [0, 0.05) is 5.56 Å². The highest BCUT2D eigenvalue weighted by Crippen LogP contribution is 2.23. The molecule has 1 rings (SSSR count). The van der Waals surface area contributed by atoms with Crippen LogP contribution < -0.4 is 10.5 Å². The number of hydrogen-bond donors (Lipinski definition) is 2. The van der Waals surface area contributed by atoms with Gasteiger partial charge in [-0.2, -0.15) is 0 Å². The minimum Gasteiger partial charge on any atom is -0.487 e. The number of hydrogen-bond acceptors (Lipinski definition) is 2. The summed E-state index contributed by atoms with van der Waals surface area (Å²) in [6, 6.07) is 1.97. The van der Waals surface area contributed by atoms with Crippen molar-refractivity contribution in [3.8, 4) is 5.75 Å². The zero-order chi connectivity index (χ0) is 12.3. The van der Waals surface area contributed by atoms with E-state index in [1.165, 1.54) is 0 Å². The summed E-state index contributed by atoms with van der Waals surface area (Å²) in [6.45, 7) is 3.98. The monoisotopic (exact) mass is 228 g/mol. The van der Waals surface area contributed by atoms with Gasteiger partial charge in [0.05, 0.1) is 6.61 Å². The molecule has 0 aliphatic heterocycles. The van der Waals surface area contributed by atoms with Crippen LogP contribution in [0, 0.1) is 23.0 Å². The predicted molar refractivity (Wildman–Crippen MR) is 57.7 cm³/mol. The van der Waals surface area contributed by atoms with E-state index in [1.807, 2.05) is 13.8 Å². The van der Waals surface area contributed by atoms with Crippen molar-refractivity contribution in [3.63, 3.8) is 0 Å². The highest BCUT2D eigenvalue weighted by molar-refractivity contribution is 5.95. The molecule has 0 aromatic heterocycles. The second-order valence-electron chi connectivity index (χ2n) is 3.89. The van der Waals surface area contributed by atoms with Crippen LogP contribution in [-0.4, -0.2) is 12.4 Å². The second-order valence-corrected chi connectivity index (χ2v) is 3.89. The number of nitrogens with one attached hydrogen (secondary N) is 1. The third kappa shape index (κ3) is 2.92. The highest BCUT2D eigenvalue weighted by atomic mass is 19.1. The molecular weight excluding hydrogens is 214 g/mol. The first kappa shape index (κ1) is 12.4. The van der Waals surface area contributed by atoms with Crippen LogP contribution in [0.3, 0.4) is 0 Å². The van der Waals surface area contributed by atoms with Gasteiger partial charge >= 0.3 is 0 Å². The van der Waals surface area contributed by atoms with E-state index < -0.39 is 17.4 Å². The quantitative estimate of drug-likeness (QED) is 0.613. The normalized spacial score (nSPS) is 10.6. The van der Waals surface area contributed by atoms with E-state index in [0.717, 1.165) is 12.1 Å². The van der Waals surface area contributed by atoms with Crippen molar-refractivity contribution < 1.29 is 13.5 Å². The summed E-state index contributed by atoms with van der Waals surface area (Å²) in [7, 11) is 0. The molecule has 16 heavy (non-hydrogen) atoms. The van der Waals surface area contributed by atoms with E-state index in [9.17, 15) is 8.78 Å². The van der Waals surface area contributed by atoms with Crippen LogP contribution in [0.2, 0.25) is 0 Å². The summed E-state index contributed by atoms with van der Waals surface area (Å²) in [5.74, 6) is -2.31. The van der Waals surface area contributed by atoms with Gasteiger partial charge in [-0.15, -0.1) is 0 Å². The Morgan fingerprint density at radius 1 is 1.38 bits per heavy atom. The molecule has 0 amide bonds. The first-order chi connectivity index (χ1) is 7.41. The summed E-state index contributed by atoms with van der Waals surface area (Å²) >= 11 is 0. The maximum Gasteiger partial charge on any atom is 0.190 e. The lowest BCUT2D eigenvalue weighted by Gasteiger charge is -2.11. The molecule has 0 heterocycles. The molecule has 0 saturated heterocycles. The Hall–Kier alpha value is -1.65. The van der Waals surface area contributed by atoms with Gasteiger partial charge in [0.1, 0.15) is 5.84 Å². The van der Waals surface area contributed by atoms with Crippen LogP contribution in [0.15, 0.2) is 12.1 Å². The van der Waals surface area contributed by atoms with Crippen LogP contribution in [0.5, 0.6) is 5.75 Å². The standard InChI is InChI=1S/C11H14F2N2O/c1-6(2)5-16-10-8(12)3-7(11(14)15)4-9(10)13/h3-4,6H,5H2,1-2H3,(H3,14,15). The minimum atomic E-state index is -0.842. The number of halogens is 2. The van der Waals surface area contributed by atoms with Crippen LogP contribution in [0.25, 0.3) is 0 Å². The van der Waals surface area contributed by atoms with Crippen LogP contribution in [0.1, 0.15) is 19.4 Å². The highest BCUT2D eigenvalue weighted by Gasteiger charge is 2.14. The van der Waals surface area contributed by atoms with E-state index in [-0.39, 0.29) is 23.9 Å². The van der Waals surface area contributed by atoms with Gasteiger partial charge in [0.2, 0.25) is 0 Å². The van der Waals surface area contributed by atoms with Crippen molar-refractivity contribution in [2.45, 2.75) is 13.8 Å². The van der Waals surface area contributed by atoms with Crippen molar-refractivity contribution >= 4 is 5.84 Å². The molecule has 0 aliphatic rings. The number of amidine groups is 1. The second kappa shape index (κ2) is 4.92. The molecule has 5 heteroatoms. The molecule has 3 N–H and O–H groups in total. The summed E-state index contributed by atoms with van der Waals surface area (Å²) < 4.78 is 31.8. The lowest BCUT2D eigenvalue weighted by atomic mass is 10.2. The lowest BCUT2D eigenvalue weighted by molar-refractivity contribution is 0.247. The van der Waals surface area contributed by atoms with Gasteiger partial charge in [0.15, 0.2) is 17.4 Å². The number of nitrogen functional groups attached to an aromatic ring is 1. The van der Waals surface area contributed by atoms with Crippen molar-refractivity contribution in [2.24, 2.45) is 11.7 Å². The summed E-state index contributed by atoms with van der Waals surface area (Å²) in [5, 5.41) is 7.07. The van der Waals surface area contributed by atoms with Gasteiger partial charge in [0.25, 0.3) is 0 Å². The van der Waals surface area contributed by atoms with Crippen molar-refractivity contribution in [1.29, 1.82) is 5.41 Å². The van der Waals surface area contributed by atoms with Crippen LogP contribution >= 0.6 is 0 Å². The van der Waals surface area contributed by atoms with Gasteiger partial charge in [-0.1, -0.05) is 13.8 Å². The topological polar surface area (TPSA) is 59.1 Å². The Bertz CT molecular complexity index is 382. The first-order valence-corrected chi connectivity index (χ1v) is 4.88. The van der Waals surface area contributed by atoms with Gasteiger partial charge in [-0.05, 0) is 18.1 Å². The molecule has 0 spiro atoms. The molecule has 0 fully saturated rings. The molecule has 0 aliphatic carbocycles. The smallest absolute Gasteiger partial charge is 0.190 e. The van der Waals surface area contributed by atoms with Crippen molar-refractivity contribution in [2.75, 3.05) is 6.61 Å². The third-order valence-electron chi connectivity index (χ3n) is 1.87. The number of nitrogens with two attached hydrogens (primary N) is 1. The fourth-order valence-electron chi connectivity index (χ4n) is 1.10. The Morgan fingerprint density at radius 3 is 2.25 bits per heavy atom. The van der Waals surface area contributed by atoms with E-state index in [4.69, 9.17) is 15.9 Å². The average molecular weight is 228 g/mol. The Balaban J connectivity index is 2.98. The zero-order valence-corrected chi connectivity index (χ0v) is 9.18. The SMILES string of the molecule is CC(C)COc1c(F)cc(C(=N)N)cc1F. The van der Waals surface area contributed by atoms with Crippen LogP contribution in [-0.2, 0) is 0 Å². The summed E-state index contributed by atoms with van der Waals surface area (Å²) in [5.41, 5.74) is 5.14. The molecule has 0 radical (unpaired) electrons. The fraction of sp³-hybridized carbons (Fsp3) is 0.364. The van der Waals surface area contributed by atoms with Gasteiger partial charge in [-0.3, -0.25) is 5.41 Å². The molecule has 0 bridgehead atoms. The molecule has 0 atom stereocenters. The largest absolute Gasteiger partial charge is 0.487 e. The fourth-order valence-corrected chi connectivity index (χ4v) is 1.10. The maximum absolute atomic E-state index is 13.4. The minimum absolute atomic E-state index is 0.00639. The van der Waals surface area contributed by atoms with Crippen molar-refractivity contribution in [1.82, 2.24) is 0 Å². The lowest BCUT2D eigenvalue weighted by Crippen LogP contribution is -2.13. The Morgan fingerprint density at radius 2 is 1.88 bits per heavy atom. The predicted octanol–water partition coefficient (Wildman–Crippen LogP) is 2.28. The molecule has 0 saturated carbocycles. The molecule has 1 aromatic rings. The number of ether oxygens (including phenoxy) is 1. The molecular formula is C11H14F2N2O. The molecule has 88 valence electrons. The number of benzene rings is 1. The van der Waals surface area contributed by atoms with Crippen LogP contribution in [0.4, 0.5) is 8.78 Å². The molecule has 1 aromatic carbocycles. The third-order valence-corrected chi connectivity index (χ3v) is 1.87.